The number of alkyl halides is 3. The van der Waals surface area contributed by atoms with Crippen LogP contribution in [-0.2, 0) is 19.0 Å². The first-order chi connectivity index (χ1) is 21.5. The van der Waals surface area contributed by atoms with Crippen LogP contribution in [0.25, 0.3) is 11.1 Å². The highest BCUT2D eigenvalue weighted by Crippen LogP contribution is 2.45. The molecule has 45 heavy (non-hydrogen) atoms. The Morgan fingerprint density at radius 3 is 2.33 bits per heavy atom. The third kappa shape index (κ3) is 5.77. The number of carbonyl (C=O) groups excluding carboxylic acids is 2. The number of aryl methyl sites for hydroxylation is 2. The van der Waals surface area contributed by atoms with E-state index < -0.39 is 17.7 Å². The average Bonchev–Trinajstić information content (AvgIpc) is 3.62. The molecule has 2 aliphatic rings. The molecule has 4 heterocycles. The monoisotopic (exact) mass is 614 g/mol. The third-order valence-corrected chi connectivity index (χ3v) is 8.48. The molecule has 2 N–H and O–H groups in total. The van der Waals surface area contributed by atoms with Crippen LogP contribution in [0.1, 0.15) is 91.0 Å². The molecule has 0 radical (unpaired) electrons. The number of halogens is 3. The molecule has 2 amide bonds. The zero-order chi connectivity index (χ0) is 31.9. The van der Waals surface area contributed by atoms with E-state index in [1.54, 1.807) is 41.6 Å². The van der Waals surface area contributed by atoms with Crippen molar-refractivity contribution in [3.05, 3.63) is 118 Å². The molecule has 2 aliphatic heterocycles. The Balaban J connectivity index is 1.36. The molecule has 1 saturated heterocycles. The average molecular weight is 615 g/mol. The van der Waals surface area contributed by atoms with Gasteiger partial charge in [-0.25, -0.2) is 4.79 Å². The summed E-state index contributed by atoms with van der Waals surface area (Å²) in [7, 11) is 0. The van der Waals surface area contributed by atoms with Gasteiger partial charge in [0, 0.05) is 30.1 Å². The zero-order valence-corrected chi connectivity index (χ0v) is 24.3. The Hall–Kier alpha value is -5.06. The number of amides is 2. The maximum Gasteiger partial charge on any atom is 0.416 e. The van der Waals surface area contributed by atoms with Crippen molar-refractivity contribution in [2.45, 2.75) is 50.9 Å². The Kier molecular flexibility index (Phi) is 7.86. The number of aromatic carboxylic acids is 1. The molecular formula is C34H29F3N4O4. The number of carbonyl (C=O) groups is 3. The molecule has 4 aromatic rings. The lowest BCUT2D eigenvalue weighted by Gasteiger charge is -2.17. The van der Waals surface area contributed by atoms with E-state index in [1.807, 2.05) is 19.1 Å². The summed E-state index contributed by atoms with van der Waals surface area (Å²) in [5.74, 6) is -1.87. The Morgan fingerprint density at radius 2 is 1.69 bits per heavy atom. The molecule has 6 rings (SSSR count). The molecule has 2 aromatic carbocycles. The number of carboxylic acids is 1. The van der Waals surface area contributed by atoms with Gasteiger partial charge in [0.25, 0.3) is 11.8 Å². The van der Waals surface area contributed by atoms with Gasteiger partial charge in [-0.15, -0.1) is 0 Å². The summed E-state index contributed by atoms with van der Waals surface area (Å²) in [6.45, 7) is 2.39. The van der Waals surface area contributed by atoms with Gasteiger partial charge in [0.15, 0.2) is 0 Å². The van der Waals surface area contributed by atoms with E-state index in [-0.39, 0.29) is 59.1 Å². The Labute approximate surface area is 256 Å². The van der Waals surface area contributed by atoms with Gasteiger partial charge in [0.05, 0.1) is 40.2 Å². The van der Waals surface area contributed by atoms with E-state index in [1.165, 1.54) is 12.1 Å². The van der Waals surface area contributed by atoms with E-state index in [0.29, 0.717) is 35.3 Å². The van der Waals surface area contributed by atoms with Crippen molar-refractivity contribution in [3.63, 3.8) is 0 Å². The van der Waals surface area contributed by atoms with Crippen LogP contribution in [0.15, 0.2) is 73.1 Å². The first-order valence-corrected chi connectivity index (χ1v) is 14.6. The summed E-state index contributed by atoms with van der Waals surface area (Å²) in [6.07, 6.45) is 0.718. The van der Waals surface area contributed by atoms with Crippen molar-refractivity contribution >= 4 is 17.8 Å². The van der Waals surface area contributed by atoms with Crippen LogP contribution in [0.3, 0.4) is 0 Å². The van der Waals surface area contributed by atoms with Gasteiger partial charge in [-0.2, -0.15) is 13.2 Å². The van der Waals surface area contributed by atoms with E-state index in [4.69, 9.17) is 4.98 Å². The Morgan fingerprint density at radius 1 is 1.00 bits per heavy atom. The van der Waals surface area contributed by atoms with E-state index in [9.17, 15) is 32.7 Å². The van der Waals surface area contributed by atoms with Gasteiger partial charge < -0.3 is 15.3 Å². The lowest BCUT2D eigenvalue weighted by molar-refractivity contribution is -0.137. The first-order valence-electron chi connectivity index (χ1n) is 14.6. The van der Waals surface area contributed by atoms with Crippen molar-refractivity contribution in [3.8, 4) is 11.1 Å². The minimum absolute atomic E-state index is 0.126. The quantitative estimate of drug-likeness (QED) is 0.237. The Bertz CT molecular complexity index is 1770. The molecule has 2 atom stereocenters. The number of aromatic nitrogens is 2. The van der Waals surface area contributed by atoms with E-state index >= 15 is 0 Å². The van der Waals surface area contributed by atoms with Crippen LogP contribution < -0.4 is 5.32 Å². The van der Waals surface area contributed by atoms with Gasteiger partial charge >= 0.3 is 12.1 Å². The molecule has 230 valence electrons. The van der Waals surface area contributed by atoms with Crippen LogP contribution >= 0.6 is 0 Å². The predicted molar refractivity (Wildman–Crippen MR) is 159 cm³/mol. The van der Waals surface area contributed by atoms with E-state index in [0.717, 1.165) is 24.1 Å². The van der Waals surface area contributed by atoms with Gasteiger partial charge in [-0.3, -0.25) is 19.6 Å². The van der Waals surface area contributed by atoms with Crippen molar-refractivity contribution in [2.24, 2.45) is 0 Å². The fraction of sp³-hybridized carbons (Fsp3) is 0.265. The smallest absolute Gasteiger partial charge is 0.416 e. The number of hydrogen-bond donors (Lipinski definition) is 2. The molecule has 8 nitrogen and oxygen atoms in total. The predicted octanol–water partition coefficient (Wildman–Crippen LogP) is 6.43. The first kappa shape index (κ1) is 30.0. The number of nitrogens with zero attached hydrogens (tertiary/aromatic N) is 3. The number of hydrogen-bond acceptors (Lipinski definition) is 5. The van der Waals surface area contributed by atoms with Crippen LogP contribution in [0.2, 0.25) is 0 Å². The third-order valence-electron chi connectivity index (χ3n) is 8.48. The fourth-order valence-electron chi connectivity index (χ4n) is 6.18. The van der Waals surface area contributed by atoms with Gasteiger partial charge in [0.1, 0.15) is 0 Å². The van der Waals surface area contributed by atoms with Crippen LogP contribution in [0.4, 0.5) is 13.2 Å². The second kappa shape index (κ2) is 11.8. The standard InChI is InChI=1S/C34H29F3N4O4/c1-19(21-14-16-38-17-15-21)39-31(42)23-9-7-22(8-10-23)27-28(33(44)45)25(13-6-20-4-11-24(12-5-20)34(35,36)37)40-30-26-3-2-18-41(26)32(43)29(27)30/h4-5,7-12,14-17,19,26H,2-3,6,13,18H2,1H3,(H,39,42)(H,44,45)/t19-,26+/m1/s1. The van der Waals surface area contributed by atoms with Crippen molar-refractivity contribution in [1.29, 1.82) is 0 Å². The molecule has 0 aliphatic carbocycles. The molecule has 0 bridgehead atoms. The lowest BCUT2D eigenvalue weighted by Crippen LogP contribution is -2.26. The summed E-state index contributed by atoms with van der Waals surface area (Å²) in [5.41, 5.74) is 2.67. The summed E-state index contributed by atoms with van der Waals surface area (Å²) in [5, 5.41) is 13.4. The number of pyridine rings is 2. The maximum absolute atomic E-state index is 13.6. The summed E-state index contributed by atoms with van der Waals surface area (Å²) >= 11 is 0. The molecule has 0 spiro atoms. The maximum atomic E-state index is 13.6. The number of fused-ring (bicyclic) bond motifs is 3. The molecule has 0 saturated carbocycles. The van der Waals surface area contributed by atoms with Crippen molar-refractivity contribution < 1.29 is 32.7 Å². The number of benzene rings is 2. The molecule has 1 fully saturated rings. The topological polar surface area (TPSA) is 112 Å². The largest absolute Gasteiger partial charge is 0.478 e. The summed E-state index contributed by atoms with van der Waals surface area (Å²) in [4.78, 5) is 49.9. The minimum Gasteiger partial charge on any atom is -0.478 e. The van der Waals surface area contributed by atoms with Gasteiger partial charge in [-0.05, 0) is 85.7 Å². The van der Waals surface area contributed by atoms with Crippen LogP contribution in [0.5, 0.6) is 0 Å². The second-order valence-corrected chi connectivity index (χ2v) is 11.3. The molecular weight excluding hydrogens is 585 g/mol. The zero-order valence-electron chi connectivity index (χ0n) is 24.3. The van der Waals surface area contributed by atoms with Crippen molar-refractivity contribution in [1.82, 2.24) is 20.2 Å². The normalized spacial score (nSPS) is 16.3. The number of nitrogens with one attached hydrogen (secondary N) is 1. The highest BCUT2D eigenvalue weighted by molar-refractivity contribution is 6.10. The van der Waals surface area contributed by atoms with Gasteiger partial charge in [-0.1, -0.05) is 24.3 Å². The van der Waals surface area contributed by atoms with E-state index in [2.05, 4.69) is 10.3 Å². The minimum atomic E-state index is -4.46. The van der Waals surface area contributed by atoms with Crippen molar-refractivity contribution in [2.75, 3.05) is 6.54 Å². The molecule has 2 aromatic heterocycles. The second-order valence-electron chi connectivity index (χ2n) is 11.3. The summed E-state index contributed by atoms with van der Waals surface area (Å²) in [6, 6.07) is 14.3. The fourth-order valence-corrected chi connectivity index (χ4v) is 6.18. The van der Waals surface area contributed by atoms with Crippen LogP contribution in [0, 0.1) is 0 Å². The number of carboxylic acid groups (broad SMARTS) is 1. The SMILES string of the molecule is C[C@@H](NC(=O)c1ccc(-c2c(C(=O)O)c(CCc3ccc(C(F)(F)F)cc3)nc3c2C(=O)N2CCC[C@@H]32)cc1)c1ccncc1. The highest BCUT2D eigenvalue weighted by atomic mass is 19.4. The molecule has 11 heteroatoms. The summed E-state index contributed by atoms with van der Waals surface area (Å²) < 4.78 is 39.1. The number of rotatable bonds is 8. The van der Waals surface area contributed by atoms with Crippen LogP contribution in [-0.4, -0.2) is 44.3 Å². The highest BCUT2D eigenvalue weighted by Gasteiger charge is 2.44. The van der Waals surface area contributed by atoms with Gasteiger partial charge in [0.2, 0.25) is 0 Å². The lowest BCUT2D eigenvalue weighted by atomic mass is 9.89. The molecule has 0 unspecified atom stereocenters.